The molecule has 0 radical (unpaired) electrons. The molecular formula is C12H16BrN5OS. The summed E-state index contributed by atoms with van der Waals surface area (Å²) in [4.78, 5) is 13.8. The fourth-order valence-corrected chi connectivity index (χ4v) is 2.85. The topological polar surface area (TPSA) is 72.0 Å². The summed E-state index contributed by atoms with van der Waals surface area (Å²) in [6.45, 7) is 3.56. The number of aromatic nitrogens is 3. The molecule has 0 spiro atoms. The van der Waals surface area contributed by atoms with Gasteiger partial charge in [-0.1, -0.05) is 6.92 Å². The van der Waals surface area contributed by atoms with Gasteiger partial charge in [0.1, 0.15) is 0 Å². The number of halogens is 1. The van der Waals surface area contributed by atoms with E-state index in [-0.39, 0.29) is 0 Å². The second kappa shape index (κ2) is 7.39. The fourth-order valence-electron chi connectivity index (χ4n) is 1.46. The average Bonchev–Trinajstić information content (AvgIpc) is 2.88. The highest BCUT2D eigenvalue weighted by molar-refractivity contribution is 9.10. The predicted molar refractivity (Wildman–Crippen MR) is 84.5 cm³/mol. The van der Waals surface area contributed by atoms with Crippen LogP contribution in [0.1, 0.15) is 18.2 Å². The quantitative estimate of drug-likeness (QED) is 0.792. The molecule has 0 unspecified atom stereocenters. The van der Waals surface area contributed by atoms with Crippen molar-refractivity contribution < 1.29 is 4.74 Å². The third-order valence-electron chi connectivity index (χ3n) is 2.37. The van der Waals surface area contributed by atoms with Crippen LogP contribution < -0.4 is 15.4 Å². The Morgan fingerprint density at radius 3 is 2.60 bits per heavy atom. The van der Waals surface area contributed by atoms with Crippen LogP contribution in [0.15, 0.2) is 15.9 Å². The second-order valence-electron chi connectivity index (χ2n) is 3.98. The summed E-state index contributed by atoms with van der Waals surface area (Å²) in [6.07, 6.45) is 1.000. The molecule has 0 saturated heterocycles. The van der Waals surface area contributed by atoms with Crippen LogP contribution in [0.5, 0.6) is 6.01 Å². The Kier molecular flexibility index (Phi) is 5.54. The van der Waals surface area contributed by atoms with Crippen molar-refractivity contribution in [2.45, 2.75) is 19.9 Å². The van der Waals surface area contributed by atoms with Crippen molar-refractivity contribution in [2.75, 3.05) is 24.3 Å². The summed E-state index contributed by atoms with van der Waals surface area (Å²) in [7, 11) is 1.54. The van der Waals surface area contributed by atoms with E-state index in [9.17, 15) is 0 Å². The Bertz CT molecular complexity index is 563. The Morgan fingerprint density at radius 1 is 1.25 bits per heavy atom. The van der Waals surface area contributed by atoms with E-state index in [2.05, 4.69) is 54.5 Å². The van der Waals surface area contributed by atoms with Crippen LogP contribution >= 0.6 is 27.3 Å². The number of hydrogen-bond acceptors (Lipinski definition) is 7. The van der Waals surface area contributed by atoms with Crippen molar-refractivity contribution in [1.82, 2.24) is 15.0 Å². The monoisotopic (exact) mass is 357 g/mol. The molecule has 20 heavy (non-hydrogen) atoms. The third-order valence-corrected chi connectivity index (χ3v) is 4.07. The first-order valence-corrected chi connectivity index (χ1v) is 7.89. The highest BCUT2D eigenvalue weighted by Crippen LogP contribution is 2.20. The van der Waals surface area contributed by atoms with Crippen molar-refractivity contribution in [3.63, 3.8) is 0 Å². The number of nitrogens with zero attached hydrogens (tertiary/aromatic N) is 3. The van der Waals surface area contributed by atoms with Gasteiger partial charge in [0.2, 0.25) is 11.9 Å². The molecule has 0 aliphatic carbocycles. The number of thiophene rings is 1. The Morgan fingerprint density at radius 2 is 2.00 bits per heavy atom. The molecule has 0 atom stereocenters. The number of anilines is 2. The first kappa shape index (κ1) is 15.0. The summed E-state index contributed by atoms with van der Waals surface area (Å²) >= 11 is 5.10. The van der Waals surface area contributed by atoms with E-state index in [0.29, 0.717) is 24.5 Å². The van der Waals surface area contributed by atoms with Crippen LogP contribution in [-0.2, 0) is 6.54 Å². The molecule has 6 nitrogen and oxygen atoms in total. The second-order valence-corrected chi connectivity index (χ2v) is 5.89. The summed E-state index contributed by atoms with van der Waals surface area (Å²) in [5.41, 5.74) is 0. The van der Waals surface area contributed by atoms with Crippen molar-refractivity contribution in [3.8, 4) is 6.01 Å². The normalized spacial score (nSPS) is 10.3. The van der Waals surface area contributed by atoms with Gasteiger partial charge in [-0.25, -0.2) is 0 Å². The van der Waals surface area contributed by atoms with Gasteiger partial charge in [-0.3, -0.25) is 0 Å². The van der Waals surface area contributed by atoms with E-state index in [0.717, 1.165) is 17.4 Å². The van der Waals surface area contributed by atoms with Crippen LogP contribution in [0.25, 0.3) is 0 Å². The Balaban J connectivity index is 2.05. The van der Waals surface area contributed by atoms with Gasteiger partial charge in [0, 0.05) is 21.3 Å². The molecule has 0 saturated carbocycles. The number of nitrogens with one attached hydrogen (secondary N) is 2. The smallest absolute Gasteiger partial charge is 0.322 e. The molecule has 2 N–H and O–H groups in total. The molecule has 0 fully saturated rings. The van der Waals surface area contributed by atoms with Crippen molar-refractivity contribution in [3.05, 3.63) is 20.8 Å². The SMILES string of the molecule is CCCNc1nc(NCc2cc(Br)cs2)nc(OC)n1. The lowest BCUT2D eigenvalue weighted by Gasteiger charge is -2.08. The molecule has 0 aromatic carbocycles. The van der Waals surface area contributed by atoms with Gasteiger partial charge < -0.3 is 15.4 Å². The third kappa shape index (κ3) is 4.31. The maximum absolute atomic E-state index is 5.08. The molecule has 0 aliphatic heterocycles. The first-order valence-electron chi connectivity index (χ1n) is 6.22. The minimum atomic E-state index is 0.300. The summed E-state index contributed by atoms with van der Waals surface area (Å²) < 4.78 is 6.17. The van der Waals surface area contributed by atoms with E-state index in [1.165, 1.54) is 4.88 Å². The van der Waals surface area contributed by atoms with Gasteiger partial charge in [0.05, 0.1) is 13.7 Å². The number of hydrogen-bond donors (Lipinski definition) is 2. The van der Waals surface area contributed by atoms with Gasteiger partial charge in [-0.15, -0.1) is 11.3 Å². The molecule has 2 aromatic rings. The molecule has 2 heterocycles. The van der Waals surface area contributed by atoms with Crippen molar-refractivity contribution >= 4 is 39.2 Å². The van der Waals surface area contributed by atoms with E-state index in [4.69, 9.17) is 4.74 Å². The van der Waals surface area contributed by atoms with Crippen molar-refractivity contribution in [2.24, 2.45) is 0 Å². The highest BCUT2D eigenvalue weighted by atomic mass is 79.9. The summed E-state index contributed by atoms with van der Waals surface area (Å²) in [5.74, 6) is 1.02. The van der Waals surface area contributed by atoms with Gasteiger partial charge in [-0.2, -0.15) is 15.0 Å². The maximum atomic E-state index is 5.08. The first-order chi connectivity index (χ1) is 9.71. The molecule has 108 valence electrons. The minimum absolute atomic E-state index is 0.300. The van der Waals surface area contributed by atoms with Gasteiger partial charge in [0.25, 0.3) is 0 Å². The predicted octanol–water partition coefficient (Wildman–Crippen LogP) is 3.14. The zero-order chi connectivity index (χ0) is 14.4. The van der Waals surface area contributed by atoms with Gasteiger partial charge in [-0.05, 0) is 28.4 Å². The Labute approximate surface area is 130 Å². The lowest BCUT2D eigenvalue weighted by atomic mass is 10.5. The van der Waals surface area contributed by atoms with E-state index >= 15 is 0 Å². The standard InChI is InChI=1S/C12H16BrN5OS/c1-3-4-14-10-16-11(18-12(17-10)19-2)15-6-9-5-8(13)7-20-9/h5,7H,3-4,6H2,1-2H3,(H2,14,15,16,17,18). The van der Waals surface area contributed by atoms with E-state index < -0.39 is 0 Å². The molecule has 8 heteroatoms. The number of methoxy groups -OCH3 is 1. The molecular weight excluding hydrogens is 342 g/mol. The van der Waals surface area contributed by atoms with Crippen LogP contribution in [0, 0.1) is 0 Å². The molecule has 0 amide bonds. The fraction of sp³-hybridized carbons (Fsp3) is 0.417. The number of rotatable bonds is 7. The highest BCUT2D eigenvalue weighted by Gasteiger charge is 2.06. The van der Waals surface area contributed by atoms with Gasteiger partial charge in [0.15, 0.2) is 0 Å². The Hall–Kier alpha value is -1.41. The van der Waals surface area contributed by atoms with Crippen LogP contribution in [-0.4, -0.2) is 28.6 Å². The summed E-state index contributed by atoms with van der Waals surface area (Å²) in [5, 5.41) is 8.34. The maximum Gasteiger partial charge on any atom is 0.322 e. The minimum Gasteiger partial charge on any atom is -0.467 e. The summed E-state index contributed by atoms with van der Waals surface area (Å²) in [6, 6.07) is 2.36. The lowest BCUT2D eigenvalue weighted by molar-refractivity contribution is 0.379. The zero-order valence-electron chi connectivity index (χ0n) is 11.3. The van der Waals surface area contributed by atoms with Crippen LogP contribution in [0.2, 0.25) is 0 Å². The van der Waals surface area contributed by atoms with Gasteiger partial charge >= 0.3 is 6.01 Å². The van der Waals surface area contributed by atoms with E-state index in [1.54, 1.807) is 18.4 Å². The van der Waals surface area contributed by atoms with Crippen LogP contribution in [0.4, 0.5) is 11.9 Å². The molecule has 2 rings (SSSR count). The van der Waals surface area contributed by atoms with Crippen LogP contribution in [0.3, 0.4) is 0 Å². The zero-order valence-corrected chi connectivity index (χ0v) is 13.7. The lowest BCUT2D eigenvalue weighted by Crippen LogP contribution is -2.10. The molecule has 0 bridgehead atoms. The average molecular weight is 358 g/mol. The molecule has 0 aliphatic rings. The van der Waals surface area contributed by atoms with Crippen molar-refractivity contribution in [1.29, 1.82) is 0 Å². The largest absolute Gasteiger partial charge is 0.467 e. The molecule has 2 aromatic heterocycles. The van der Waals surface area contributed by atoms with E-state index in [1.807, 2.05) is 5.38 Å². The number of ether oxygens (including phenoxy) is 1.